The molecule has 3 N–H and O–H groups in total. The number of nitrogens with zero attached hydrogens (tertiary/aromatic N) is 2. The zero-order valence-corrected chi connectivity index (χ0v) is 11.3. The summed E-state index contributed by atoms with van der Waals surface area (Å²) in [6, 6.07) is 6.87. The molecule has 20 heavy (non-hydrogen) atoms. The first-order valence-electron chi connectivity index (χ1n) is 5.73. The minimum absolute atomic E-state index is 0.122. The lowest BCUT2D eigenvalue weighted by Crippen LogP contribution is -2.20. The predicted octanol–water partition coefficient (Wildman–Crippen LogP) is 1.13. The van der Waals surface area contributed by atoms with Gasteiger partial charge in [-0.3, -0.25) is 9.78 Å². The highest BCUT2D eigenvalue weighted by molar-refractivity contribution is 7.80. The highest BCUT2D eigenvalue weighted by Gasteiger charge is 2.04. The van der Waals surface area contributed by atoms with Crippen LogP contribution in [0.4, 0.5) is 5.82 Å². The van der Waals surface area contributed by atoms with Crippen LogP contribution >= 0.6 is 12.2 Å². The van der Waals surface area contributed by atoms with Crippen LogP contribution in [0.2, 0.25) is 0 Å². The maximum atomic E-state index is 11.6. The highest BCUT2D eigenvalue weighted by atomic mass is 32.1. The highest BCUT2D eigenvalue weighted by Crippen LogP contribution is 2.12. The van der Waals surface area contributed by atoms with E-state index in [4.69, 9.17) is 22.7 Å². The number of carbonyl (C=O) groups is 1. The molecule has 0 aliphatic carbocycles. The lowest BCUT2D eigenvalue weighted by Gasteiger charge is -2.07. The molecule has 0 aliphatic heterocycles. The van der Waals surface area contributed by atoms with Gasteiger partial charge in [-0.1, -0.05) is 12.2 Å². The van der Waals surface area contributed by atoms with Gasteiger partial charge in [0, 0.05) is 18.0 Å². The number of hydrogen-bond acceptors (Lipinski definition) is 5. The fraction of sp³-hybridized carbons (Fsp3) is 0.0769. The largest absolute Gasteiger partial charge is 0.484 e. The molecular weight excluding hydrogens is 276 g/mol. The number of nitrogens with two attached hydrogens (primary N) is 1. The Bertz CT molecular complexity index is 602. The molecule has 7 heteroatoms. The van der Waals surface area contributed by atoms with E-state index in [0.717, 1.165) is 5.56 Å². The summed E-state index contributed by atoms with van der Waals surface area (Å²) in [5, 5.41) is 2.56. The number of rotatable bonds is 5. The number of nitrogens with one attached hydrogen (secondary N) is 1. The van der Waals surface area contributed by atoms with Crippen LogP contribution in [-0.2, 0) is 4.79 Å². The van der Waals surface area contributed by atoms with Gasteiger partial charge in [-0.05, 0) is 24.3 Å². The first-order chi connectivity index (χ1) is 9.65. The second-order valence-electron chi connectivity index (χ2n) is 3.82. The van der Waals surface area contributed by atoms with Crippen LogP contribution in [0.1, 0.15) is 5.56 Å². The molecule has 0 spiro atoms. The molecule has 2 rings (SSSR count). The molecule has 1 aromatic carbocycles. The second kappa shape index (κ2) is 6.58. The molecule has 1 amide bonds. The number of amides is 1. The maximum absolute atomic E-state index is 11.6. The van der Waals surface area contributed by atoms with Crippen molar-refractivity contribution in [2.24, 2.45) is 5.73 Å². The molecule has 0 atom stereocenters. The van der Waals surface area contributed by atoms with E-state index < -0.39 is 0 Å². The van der Waals surface area contributed by atoms with Crippen molar-refractivity contribution in [1.29, 1.82) is 0 Å². The molecule has 102 valence electrons. The van der Waals surface area contributed by atoms with Crippen LogP contribution in [0.5, 0.6) is 5.75 Å². The maximum Gasteiger partial charge on any atom is 0.263 e. The van der Waals surface area contributed by atoms with E-state index in [0.29, 0.717) is 16.6 Å². The summed E-state index contributed by atoms with van der Waals surface area (Å²) in [6.07, 6.45) is 4.47. The zero-order chi connectivity index (χ0) is 14.4. The Balaban J connectivity index is 1.85. The summed E-state index contributed by atoms with van der Waals surface area (Å²) in [5.41, 5.74) is 6.23. The molecule has 0 fully saturated rings. The van der Waals surface area contributed by atoms with Crippen molar-refractivity contribution >= 4 is 28.9 Å². The van der Waals surface area contributed by atoms with Crippen molar-refractivity contribution in [3.8, 4) is 5.75 Å². The third-order valence-corrected chi connectivity index (χ3v) is 2.58. The molecule has 0 unspecified atom stereocenters. The standard InChI is InChI=1S/C13H12N4O2S/c14-13(20)9-1-3-10(4-2-9)19-8-12(18)17-11-7-15-5-6-16-11/h1-7H,8H2,(H2,14,20)(H,16,17,18). The van der Waals surface area contributed by atoms with Gasteiger partial charge < -0.3 is 15.8 Å². The lowest BCUT2D eigenvalue weighted by atomic mass is 10.2. The van der Waals surface area contributed by atoms with Gasteiger partial charge in [-0.2, -0.15) is 0 Å². The minimum atomic E-state index is -0.316. The Morgan fingerprint density at radius 1 is 1.30 bits per heavy atom. The molecule has 0 saturated carbocycles. The van der Waals surface area contributed by atoms with Crippen molar-refractivity contribution in [2.75, 3.05) is 11.9 Å². The minimum Gasteiger partial charge on any atom is -0.484 e. The summed E-state index contributed by atoms with van der Waals surface area (Å²) < 4.78 is 5.33. The quantitative estimate of drug-likeness (QED) is 0.802. The fourth-order valence-electron chi connectivity index (χ4n) is 1.41. The van der Waals surface area contributed by atoms with Crippen LogP contribution in [-0.4, -0.2) is 27.5 Å². The second-order valence-corrected chi connectivity index (χ2v) is 4.26. The number of aromatic nitrogens is 2. The van der Waals surface area contributed by atoms with Crippen LogP contribution in [0.3, 0.4) is 0 Å². The molecule has 1 aromatic heterocycles. The number of thiocarbonyl (C=S) groups is 1. The Hall–Kier alpha value is -2.54. The van der Waals surface area contributed by atoms with Crippen LogP contribution in [0.15, 0.2) is 42.9 Å². The van der Waals surface area contributed by atoms with E-state index in [2.05, 4.69) is 15.3 Å². The van der Waals surface area contributed by atoms with E-state index >= 15 is 0 Å². The molecule has 0 bridgehead atoms. The van der Waals surface area contributed by atoms with Gasteiger partial charge in [0.1, 0.15) is 10.7 Å². The zero-order valence-electron chi connectivity index (χ0n) is 10.4. The monoisotopic (exact) mass is 288 g/mol. The molecule has 1 heterocycles. The molecule has 2 aromatic rings. The van der Waals surface area contributed by atoms with E-state index in [1.165, 1.54) is 18.6 Å². The fourth-order valence-corrected chi connectivity index (χ4v) is 1.54. The van der Waals surface area contributed by atoms with Gasteiger partial charge in [0.15, 0.2) is 12.4 Å². The predicted molar refractivity (Wildman–Crippen MR) is 78.5 cm³/mol. The van der Waals surface area contributed by atoms with E-state index in [9.17, 15) is 4.79 Å². The van der Waals surface area contributed by atoms with Gasteiger partial charge in [-0.15, -0.1) is 0 Å². The average Bonchev–Trinajstić information content (AvgIpc) is 2.46. The van der Waals surface area contributed by atoms with Crippen LogP contribution in [0.25, 0.3) is 0 Å². The number of carbonyl (C=O) groups excluding carboxylic acids is 1. The van der Waals surface area contributed by atoms with Crippen molar-refractivity contribution < 1.29 is 9.53 Å². The van der Waals surface area contributed by atoms with E-state index in [1.54, 1.807) is 24.3 Å². The third kappa shape index (κ3) is 3.99. The summed E-state index contributed by atoms with van der Waals surface area (Å²) in [4.78, 5) is 19.7. The normalized spacial score (nSPS) is 9.80. The van der Waals surface area contributed by atoms with E-state index in [-0.39, 0.29) is 12.5 Å². The molecule has 6 nitrogen and oxygen atoms in total. The molecule has 0 saturated heterocycles. The van der Waals surface area contributed by atoms with E-state index in [1.807, 2.05) is 0 Å². The molecule has 0 radical (unpaired) electrons. The first-order valence-corrected chi connectivity index (χ1v) is 6.14. The summed E-state index contributed by atoms with van der Waals surface area (Å²) >= 11 is 4.84. The topological polar surface area (TPSA) is 90.1 Å². The number of benzene rings is 1. The van der Waals surface area contributed by atoms with Crippen molar-refractivity contribution in [3.63, 3.8) is 0 Å². The van der Waals surface area contributed by atoms with Gasteiger partial charge in [-0.25, -0.2) is 4.98 Å². The summed E-state index contributed by atoms with van der Waals surface area (Å²) in [6.45, 7) is -0.122. The number of ether oxygens (including phenoxy) is 1. The summed E-state index contributed by atoms with van der Waals surface area (Å²) in [7, 11) is 0. The average molecular weight is 288 g/mol. The molecular formula is C13H12N4O2S. The smallest absolute Gasteiger partial charge is 0.263 e. The Morgan fingerprint density at radius 3 is 2.65 bits per heavy atom. The Morgan fingerprint density at radius 2 is 2.05 bits per heavy atom. The van der Waals surface area contributed by atoms with Gasteiger partial charge in [0.2, 0.25) is 0 Å². The Labute approximate surface area is 121 Å². The van der Waals surface area contributed by atoms with Gasteiger partial charge >= 0.3 is 0 Å². The summed E-state index contributed by atoms with van der Waals surface area (Å²) in [5.74, 6) is 0.619. The number of anilines is 1. The van der Waals surface area contributed by atoms with Crippen molar-refractivity contribution in [2.45, 2.75) is 0 Å². The van der Waals surface area contributed by atoms with Crippen LogP contribution in [0, 0.1) is 0 Å². The Kier molecular flexibility index (Phi) is 4.56. The molecule has 0 aliphatic rings. The van der Waals surface area contributed by atoms with Crippen molar-refractivity contribution in [3.05, 3.63) is 48.4 Å². The lowest BCUT2D eigenvalue weighted by molar-refractivity contribution is -0.118. The van der Waals surface area contributed by atoms with Crippen molar-refractivity contribution in [1.82, 2.24) is 9.97 Å². The SMILES string of the molecule is NC(=S)c1ccc(OCC(=O)Nc2cnccn2)cc1. The number of hydrogen-bond donors (Lipinski definition) is 2. The van der Waals surface area contributed by atoms with Gasteiger partial charge in [0.25, 0.3) is 5.91 Å². The third-order valence-electron chi connectivity index (χ3n) is 2.34. The van der Waals surface area contributed by atoms with Crippen LogP contribution < -0.4 is 15.8 Å². The van der Waals surface area contributed by atoms with Gasteiger partial charge in [0.05, 0.1) is 6.20 Å². The first kappa shape index (κ1) is 13.9.